The third-order valence-corrected chi connectivity index (χ3v) is 4.02. The van der Waals surface area contributed by atoms with Crippen LogP contribution in [0.2, 0.25) is 0 Å². The van der Waals surface area contributed by atoms with E-state index in [0.717, 1.165) is 5.56 Å². The van der Waals surface area contributed by atoms with Gasteiger partial charge >= 0.3 is 0 Å². The molecule has 1 aromatic heterocycles. The number of aromatic hydroxyl groups is 1. The Hall–Kier alpha value is -2.80. The highest BCUT2D eigenvalue weighted by molar-refractivity contribution is 8.18. The highest BCUT2D eigenvalue weighted by Gasteiger charge is 2.23. The number of benzene rings is 1. The minimum Gasteiger partial charge on any atom is -0.504 e. The number of aromatic nitrogens is 1. The number of nitrogens with zero attached hydrogens (tertiary/aromatic N) is 2. The molecule has 2 heterocycles. The van der Waals surface area contributed by atoms with Crippen molar-refractivity contribution in [2.45, 2.75) is 6.92 Å². The Morgan fingerprint density at radius 3 is 3.04 bits per heavy atom. The van der Waals surface area contributed by atoms with Gasteiger partial charge in [-0.3, -0.25) is 9.78 Å². The number of phenols is 1. The van der Waals surface area contributed by atoms with E-state index in [2.05, 4.69) is 15.3 Å². The fourth-order valence-electron chi connectivity index (χ4n) is 2.06. The maximum atomic E-state index is 12.1. The predicted octanol–water partition coefficient (Wildman–Crippen LogP) is 3.08. The van der Waals surface area contributed by atoms with Gasteiger partial charge in [-0.2, -0.15) is 0 Å². The lowest BCUT2D eigenvalue weighted by Gasteiger charge is -2.06. The molecular formula is C17H15N3O3S. The van der Waals surface area contributed by atoms with Crippen LogP contribution in [0, 0.1) is 0 Å². The fourth-order valence-corrected chi connectivity index (χ4v) is 2.90. The van der Waals surface area contributed by atoms with Crippen LogP contribution in [0.5, 0.6) is 11.5 Å². The van der Waals surface area contributed by atoms with Crippen molar-refractivity contribution >= 4 is 34.6 Å². The van der Waals surface area contributed by atoms with Crippen molar-refractivity contribution in [2.75, 3.05) is 6.61 Å². The number of carbonyl (C=O) groups excluding carboxylic acids is 1. The Bertz CT molecular complexity index is 819. The summed E-state index contributed by atoms with van der Waals surface area (Å²) in [6.07, 6.45) is 5.01. The zero-order valence-electron chi connectivity index (χ0n) is 12.9. The van der Waals surface area contributed by atoms with Crippen LogP contribution in [0.4, 0.5) is 5.69 Å². The van der Waals surface area contributed by atoms with Gasteiger partial charge in [-0.1, -0.05) is 6.07 Å². The van der Waals surface area contributed by atoms with E-state index in [9.17, 15) is 9.90 Å². The topological polar surface area (TPSA) is 83.8 Å². The molecule has 3 rings (SSSR count). The second-order valence-electron chi connectivity index (χ2n) is 4.85. The molecule has 0 radical (unpaired) electrons. The van der Waals surface area contributed by atoms with E-state index in [4.69, 9.17) is 4.74 Å². The number of amidine groups is 1. The Morgan fingerprint density at radius 1 is 1.42 bits per heavy atom. The molecule has 0 unspecified atom stereocenters. The predicted molar refractivity (Wildman–Crippen MR) is 94.3 cm³/mol. The molecule has 0 spiro atoms. The van der Waals surface area contributed by atoms with Crippen molar-refractivity contribution in [1.82, 2.24) is 10.3 Å². The summed E-state index contributed by atoms with van der Waals surface area (Å²) >= 11 is 1.25. The molecule has 2 aromatic rings. The Labute approximate surface area is 143 Å². The zero-order chi connectivity index (χ0) is 16.9. The van der Waals surface area contributed by atoms with Gasteiger partial charge in [0.15, 0.2) is 16.7 Å². The summed E-state index contributed by atoms with van der Waals surface area (Å²) in [5, 5.41) is 13.0. The van der Waals surface area contributed by atoms with Gasteiger partial charge in [0.2, 0.25) is 0 Å². The fraction of sp³-hybridized carbons (Fsp3) is 0.118. The second kappa shape index (κ2) is 7.18. The molecule has 24 heavy (non-hydrogen) atoms. The largest absolute Gasteiger partial charge is 0.504 e. The van der Waals surface area contributed by atoms with E-state index in [1.807, 2.05) is 13.0 Å². The SMILES string of the molecule is CCOc1cc(C=C2SC(=Nc3cccnc3)NC2=O)ccc1O. The molecule has 1 amide bonds. The standard InChI is InChI=1S/C17H15N3O3S/c1-2-23-14-8-11(5-6-13(14)21)9-15-16(22)20-17(24-15)19-12-4-3-7-18-10-12/h3-10,21H,2H2,1H3,(H,19,20,22). The van der Waals surface area contributed by atoms with Gasteiger partial charge in [-0.25, -0.2) is 4.99 Å². The van der Waals surface area contributed by atoms with Crippen molar-refractivity contribution in [1.29, 1.82) is 0 Å². The molecule has 7 heteroatoms. The van der Waals surface area contributed by atoms with Crippen LogP contribution in [0.3, 0.4) is 0 Å². The van der Waals surface area contributed by atoms with Gasteiger partial charge in [0.1, 0.15) is 0 Å². The van der Waals surface area contributed by atoms with E-state index < -0.39 is 0 Å². The monoisotopic (exact) mass is 341 g/mol. The molecule has 122 valence electrons. The van der Waals surface area contributed by atoms with Gasteiger partial charge in [0.05, 0.1) is 23.4 Å². The number of hydrogen-bond acceptors (Lipinski definition) is 6. The van der Waals surface area contributed by atoms with E-state index >= 15 is 0 Å². The smallest absolute Gasteiger partial charge is 0.264 e. The summed E-state index contributed by atoms with van der Waals surface area (Å²) in [6, 6.07) is 8.54. The normalized spacial score (nSPS) is 17.3. The van der Waals surface area contributed by atoms with Crippen LogP contribution in [0.25, 0.3) is 6.08 Å². The highest BCUT2D eigenvalue weighted by atomic mass is 32.2. The summed E-state index contributed by atoms with van der Waals surface area (Å²) in [6.45, 7) is 2.29. The number of ether oxygens (including phenoxy) is 1. The number of aliphatic imine (C=N–C) groups is 1. The molecule has 0 aliphatic carbocycles. The molecule has 0 atom stereocenters. The minimum atomic E-state index is -0.214. The lowest BCUT2D eigenvalue weighted by molar-refractivity contribution is -0.115. The third-order valence-electron chi connectivity index (χ3n) is 3.11. The highest BCUT2D eigenvalue weighted by Crippen LogP contribution is 2.31. The first kappa shape index (κ1) is 16.1. The summed E-state index contributed by atoms with van der Waals surface area (Å²) in [4.78, 5) is 20.9. The van der Waals surface area contributed by atoms with Crippen molar-refractivity contribution < 1.29 is 14.6 Å². The van der Waals surface area contributed by atoms with Gasteiger partial charge in [0.25, 0.3) is 5.91 Å². The molecule has 1 saturated heterocycles. The maximum Gasteiger partial charge on any atom is 0.264 e. The molecule has 0 saturated carbocycles. The van der Waals surface area contributed by atoms with Crippen LogP contribution in [0.1, 0.15) is 12.5 Å². The van der Waals surface area contributed by atoms with Gasteiger partial charge in [0, 0.05) is 6.20 Å². The Morgan fingerprint density at radius 2 is 2.29 bits per heavy atom. The van der Waals surface area contributed by atoms with E-state index in [0.29, 0.717) is 28.1 Å². The van der Waals surface area contributed by atoms with Crippen LogP contribution in [-0.2, 0) is 4.79 Å². The molecular weight excluding hydrogens is 326 g/mol. The number of nitrogens with one attached hydrogen (secondary N) is 1. The first-order valence-electron chi connectivity index (χ1n) is 7.31. The van der Waals surface area contributed by atoms with E-state index in [-0.39, 0.29) is 11.7 Å². The number of pyridine rings is 1. The molecule has 1 aliphatic rings. The lowest BCUT2D eigenvalue weighted by Crippen LogP contribution is -2.19. The number of rotatable bonds is 4. The number of phenolic OH excluding ortho intramolecular Hbond substituents is 1. The lowest BCUT2D eigenvalue weighted by atomic mass is 10.2. The molecule has 1 aromatic carbocycles. The Kier molecular flexibility index (Phi) is 4.81. The minimum absolute atomic E-state index is 0.0707. The van der Waals surface area contributed by atoms with Gasteiger partial charge in [-0.15, -0.1) is 0 Å². The number of hydrogen-bond donors (Lipinski definition) is 2. The van der Waals surface area contributed by atoms with Crippen molar-refractivity contribution in [3.63, 3.8) is 0 Å². The van der Waals surface area contributed by atoms with E-state index in [1.54, 1.807) is 42.7 Å². The average Bonchev–Trinajstić information content (AvgIpc) is 2.91. The van der Waals surface area contributed by atoms with Crippen LogP contribution < -0.4 is 10.1 Å². The summed E-state index contributed by atoms with van der Waals surface area (Å²) < 4.78 is 5.35. The quantitative estimate of drug-likeness (QED) is 0.835. The van der Waals surface area contributed by atoms with Crippen LogP contribution >= 0.6 is 11.8 Å². The molecule has 1 aliphatic heterocycles. The van der Waals surface area contributed by atoms with Gasteiger partial charge < -0.3 is 15.2 Å². The zero-order valence-corrected chi connectivity index (χ0v) is 13.7. The number of carbonyl (C=O) groups is 1. The number of thioether (sulfide) groups is 1. The van der Waals surface area contributed by atoms with Crippen LogP contribution in [-0.4, -0.2) is 27.8 Å². The van der Waals surface area contributed by atoms with E-state index in [1.165, 1.54) is 11.8 Å². The number of amides is 1. The van der Waals surface area contributed by atoms with Crippen molar-refractivity contribution in [2.24, 2.45) is 4.99 Å². The first-order chi connectivity index (χ1) is 11.7. The summed E-state index contributed by atoms with van der Waals surface area (Å²) in [5.74, 6) is 0.245. The summed E-state index contributed by atoms with van der Waals surface area (Å²) in [5.41, 5.74) is 1.43. The third kappa shape index (κ3) is 3.75. The maximum absolute atomic E-state index is 12.1. The second-order valence-corrected chi connectivity index (χ2v) is 5.88. The molecule has 2 N–H and O–H groups in total. The van der Waals surface area contributed by atoms with Crippen molar-refractivity contribution in [3.05, 3.63) is 53.2 Å². The van der Waals surface area contributed by atoms with Crippen molar-refractivity contribution in [3.8, 4) is 11.5 Å². The molecule has 0 bridgehead atoms. The Balaban J connectivity index is 1.82. The molecule has 1 fully saturated rings. The summed E-state index contributed by atoms with van der Waals surface area (Å²) in [7, 11) is 0. The first-order valence-corrected chi connectivity index (χ1v) is 8.13. The van der Waals surface area contributed by atoms with Crippen LogP contribution in [0.15, 0.2) is 52.6 Å². The average molecular weight is 341 g/mol. The van der Waals surface area contributed by atoms with Gasteiger partial charge in [-0.05, 0) is 54.6 Å². The molecule has 6 nitrogen and oxygen atoms in total.